The largest absolute Gasteiger partial charge is 0.418 e. The molecule has 0 amide bonds. The van der Waals surface area contributed by atoms with Crippen LogP contribution in [0.2, 0.25) is 0 Å². The molecule has 1 aromatic carbocycles. The van der Waals surface area contributed by atoms with Crippen LogP contribution in [-0.4, -0.2) is 26.6 Å². The normalized spacial score (nSPS) is 18.8. The summed E-state index contributed by atoms with van der Waals surface area (Å²) in [6, 6.07) is 10.8. The first-order chi connectivity index (χ1) is 11.8. The van der Waals surface area contributed by atoms with E-state index in [1.807, 2.05) is 12.4 Å². The van der Waals surface area contributed by atoms with Crippen molar-refractivity contribution in [3.63, 3.8) is 0 Å². The van der Waals surface area contributed by atoms with E-state index in [1.165, 1.54) is 18.4 Å². The third-order valence-corrected chi connectivity index (χ3v) is 5.42. The molecule has 1 fully saturated rings. The Morgan fingerprint density at radius 3 is 2.88 bits per heavy atom. The molecule has 0 saturated carbocycles. The molecule has 3 heterocycles. The van der Waals surface area contributed by atoms with Gasteiger partial charge in [0.2, 0.25) is 5.89 Å². The van der Waals surface area contributed by atoms with Crippen LogP contribution < -0.4 is 0 Å². The van der Waals surface area contributed by atoms with Gasteiger partial charge in [-0.05, 0) is 31.9 Å². The Balaban J connectivity index is 1.57. The molecule has 0 radical (unpaired) electrons. The Bertz CT molecular complexity index is 798. The van der Waals surface area contributed by atoms with E-state index in [0.29, 0.717) is 5.89 Å². The first-order valence-corrected chi connectivity index (χ1v) is 9.21. The smallest absolute Gasteiger partial charge is 0.259 e. The van der Waals surface area contributed by atoms with Crippen LogP contribution in [0, 0.1) is 6.92 Å². The molecular formula is C18H20N4OS. The molecule has 1 saturated heterocycles. The fourth-order valence-electron chi connectivity index (χ4n) is 3.25. The van der Waals surface area contributed by atoms with Crippen LogP contribution in [-0.2, 0) is 6.54 Å². The Hall–Kier alpha value is -2.05. The molecule has 4 rings (SSSR count). The van der Waals surface area contributed by atoms with Gasteiger partial charge in [-0.2, -0.15) is 0 Å². The Morgan fingerprint density at radius 2 is 2.08 bits per heavy atom. The zero-order valence-corrected chi connectivity index (χ0v) is 14.5. The van der Waals surface area contributed by atoms with Gasteiger partial charge in [0.15, 0.2) is 0 Å². The molecule has 0 bridgehead atoms. The maximum absolute atomic E-state index is 6.02. The zero-order valence-electron chi connectivity index (χ0n) is 13.7. The molecule has 1 unspecified atom stereocenters. The monoisotopic (exact) mass is 340 g/mol. The zero-order chi connectivity index (χ0) is 16.4. The third kappa shape index (κ3) is 3.12. The molecule has 0 N–H and O–H groups in total. The molecule has 0 aliphatic carbocycles. The summed E-state index contributed by atoms with van der Waals surface area (Å²) in [5.41, 5.74) is 4.08. The van der Waals surface area contributed by atoms with Crippen LogP contribution in [0.1, 0.15) is 42.5 Å². The van der Waals surface area contributed by atoms with Gasteiger partial charge in [-0.25, -0.2) is 4.98 Å². The molecule has 1 aliphatic rings. The van der Waals surface area contributed by atoms with Crippen LogP contribution in [0.5, 0.6) is 0 Å². The summed E-state index contributed by atoms with van der Waals surface area (Å²) in [5.74, 6) is 1.32. The van der Waals surface area contributed by atoms with Gasteiger partial charge in [0.25, 0.3) is 5.89 Å². The Labute approximate surface area is 145 Å². The number of piperidine rings is 1. The Kier molecular flexibility index (Phi) is 4.40. The van der Waals surface area contributed by atoms with E-state index in [9.17, 15) is 0 Å². The van der Waals surface area contributed by atoms with Crippen LogP contribution >= 0.6 is 11.3 Å². The molecule has 2 aromatic heterocycles. The molecule has 0 spiro atoms. The van der Waals surface area contributed by atoms with Gasteiger partial charge in [0.05, 0.1) is 17.2 Å². The van der Waals surface area contributed by atoms with Crippen molar-refractivity contribution >= 4 is 11.3 Å². The standard InChI is InChI=1S/C18H20N4OS/c1-13-16(24-12-19-13)18-21-20-17(23-18)15-9-5-6-10-22(15)11-14-7-3-2-4-8-14/h2-4,7-8,12,15H,5-6,9-11H2,1H3. The van der Waals surface area contributed by atoms with Crippen LogP contribution in [0.15, 0.2) is 40.3 Å². The van der Waals surface area contributed by atoms with E-state index < -0.39 is 0 Å². The van der Waals surface area contributed by atoms with Crippen molar-refractivity contribution in [2.24, 2.45) is 0 Å². The van der Waals surface area contributed by atoms with Crippen molar-refractivity contribution in [3.8, 4) is 10.8 Å². The second-order valence-electron chi connectivity index (χ2n) is 6.18. The number of thiazole rings is 1. The quantitative estimate of drug-likeness (QED) is 0.711. The van der Waals surface area contributed by atoms with Crippen LogP contribution in [0.3, 0.4) is 0 Å². The number of rotatable bonds is 4. The average molecular weight is 340 g/mol. The summed E-state index contributed by atoms with van der Waals surface area (Å²) in [4.78, 5) is 7.69. The van der Waals surface area contributed by atoms with Crippen molar-refractivity contribution < 1.29 is 4.42 Å². The lowest BCUT2D eigenvalue weighted by atomic mass is 10.0. The minimum atomic E-state index is 0.202. The SMILES string of the molecule is Cc1ncsc1-c1nnc(C2CCCCN2Cc2ccccc2)o1. The highest BCUT2D eigenvalue weighted by Gasteiger charge is 2.29. The topological polar surface area (TPSA) is 55.1 Å². The van der Waals surface area contributed by atoms with Crippen molar-refractivity contribution in [3.05, 3.63) is 53.0 Å². The maximum atomic E-state index is 6.02. The molecule has 124 valence electrons. The van der Waals surface area contributed by atoms with Gasteiger partial charge in [0, 0.05) is 6.54 Å². The second kappa shape index (κ2) is 6.83. The highest BCUT2D eigenvalue weighted by atomic mass is 32.1. The van der Waals surface area contributed by atoms with Crippen molar-refractivity contribution in [2.45, 2.75) is 38.8 Å². The summed E-state index contributed by atoms with van der Waals surface area (Å²) in [5, 5.41) is 8.61. The van der Waals surface area contributed by atoms with E-state index in [2.05, 4.69) is 50.4 Å². The second-order valence-corrected chi connectivity index (χ2v) is 7.03. The summed E-state index contributed by atoms with van der Waals surface area (Å²) < 4.78 is 6.02. The van der Waals surface area contributed by atoms with E-state index >= 15 is 0 Å². The molecule has 24 heavy (non-hydrogen) atoms. The number of hydrogen-bond donors (Lipinski definition) is 0. The first kappa shape index (κ1) is 15.5. The molecule has 5 nitrogen and oxygen atoms in total. The lowest BCUT2D eigenvalue weighted by molar-refractivity contribution is 0.118. The van der Waals surface area contributed by atoms with E-state index in [-0.39, 0.29) is 6.04 Å². The number of nitrogens with zero attached hydrogens (tertiary/aromatic N) is 4. The highest BCUT2D eigenvalue weighted by Crippen LogP contribution is 2.34. The minimum Gasteiger partial charge on any atom is -0.418 e. The summed E-state index contributed by atoms with van der Waals surface area (Å²) in [6.45, 7) is 3.96. The van der Waals surface area contributed by atoms with Gasteiger partial charge in [-0.3, -0.25) is 4.90 Å². The van der Waals surface area contributed by atoms with Gasteiger partial charge in [-0.15, -0.1) is 21.5 Å². The highest BCUT2D eigenvalue weighted by molar-refractivity contribution is 7.13. The van der Waals surface area contributed by atoms with E-state index in [1.54, 1.807) is 11.3 Å². The number of likely N-dealkylation sites (tertiary alicyclic amines) is 1. The summed E-state index contributed by atoms with van der Waals surface area (Å²) in [7, 11) is 0. The lowest BCUT2D eigenvalue weighted by Crippen LogP contribution is -2.33. The predicted octanol–water partition coefficient (Wildman–Crippen LogP) is 4.23. The Morgan fingerprint density at radius 1 is 1.21 bits per heavy atom. The lowest BCUT2D eigenvalue weighted by Gasteiger charge is -2.33. The molecule has 1 atom stereocenters. The van der Waals surface area contributed by atoms with Gasteiger partial charge in [-0.1, -0.05) is 36.8 Å². The fourth-order valence-corrected chi connectivity index (χ4v) is 3.97. The number of aryl methyl sites for hydroxylation is 1. The third-order valence-electron chi connectivity index (χ3n) is 4.51. The fraction of sp³-hybridized carbons (Fsp3) is 0.389. The van der Waals surface area contributed by atoms with Gasteiger partial charge >= 0.3 is 0 Å². The molecule has 3 aromatic rings. The minimum absolute atomic E-state index is 0.202. The molecule has 1 aliphatic heterocycles. The van der Waals surface area contributed by atoms with Crippen molar-refractivity contribution in [1.29, 1.82) is 0 Å². The van der Waals surface area contributed by atoms with E-state index in [4.69, 9.17) is 4.42 Å². The van der Waals surface area contributed by atoms with Crippen LogP contribution in [0.4, 0.5) is 0 Å². The molecular weight excluding hydrogens is 320 g/mol. The van der Waals surface area contributed by atoms with Crippen LogP contribution in [0.25, 0.3) is 10.8 Å². The van der Waals surface area contributed by atoms with Gasteiger partial charge < -0.3 is 4.42 Å². The average Bonchev–Trinajstić information content (AvgIpc) is 3.25. The number of hydrogen-bond acceptors (Lipinski definition) is 6. The maximum Gasteiger partial charge on any atom is 0.259 e. The van der Waals surface area contributed by atoms with Crippen molar-refractivity contribution in [2.75, 3.05) is 6.54 Å². The summed E-state index contributed by atoms with van der Waals surface area (Å²) >= 11 is 1.55. The van der Waals surface area contributed by atoms with Gasteiger partial charge in [0.1, 0.15) is 4.88 Å². The van der Waals surface area contributed by atoms with Crippen molar-refractivity contribution in [1.82, 2.24) is 20.1 Å². The summed E-state index contributed by atoms with van der Waals surface area (Å²) in [6.07, 6.45) is 3.49. The predicted molar refractivity (Wildman–Crippen MR) is 93.6 cm³/mol. The number of aromatic nitrogens is 3. The molecule has 6 heteroatoms. The van der Waals surface area contributed by atoms with E-state index in [0.717, 1.165) is 36.0 Å². The number of benzene rings is 1. The first-order valence-electron chi connectivity index (χ1n) is 8.33.